The molecule has 2 N–H and O–H groups in total. The number of benzene rings is 3. The summed E-state index contributed by atoms with van der Waals surface area (Å²) < 4.78 is 6.04. The van der Waals surface area contributed by atoms with Gasteiger partial charge in [0.25, 0.3) is 0 Å². The number of aromatic amines is 1. The number of nitrogens with zero attached hydrogens (tertiary/aromatic N) is 2. The van der Waals surface area contributed by atoms with Crippen LogP contribution < -0.4 is 10.3 Å². The lowest BCUT2D eigenvalue weighted by Gasteiger charge is -2.30. The van der Waals surface area contributed by atoms with Crippen molar-refractivity contribution >= 4 is 34.4 Å². The molecule has 0 saturated carbocycles. The van der Waals surface area contributed by atoms with Crippen LogP contribution in [0.2, 0.25) is 5.02 Å². The Labute approximate surface area is 205 Å². The Morgan fingerprint density at radius 1 is 1.06 bits per heavy atom. The second kappa shape index (κ2) is 8.05. The fourth-order valence-corrected chi connectivity index (χ4v) is 4.93. The predicted molar refractivity (Wildman–Crippen MR) is 139 cm³/mol. The molecule has 1 aromatic heterocycles. The fraction of sp³-hybridized carbons (Fsp3) is 0.107. The normalized spacial score (nSPS) is 18.9. The highest BCUT2D eigenvalue weighted by Crippen LogP contribution is 2.40. The van der Waals surface area contributed by atoms with Crippen LogP contribution in [-0.2, 0) is 12.0 Å². The molecule has 6 bridgehead atoms. The summed E-state index contributed by atoms with van der Waals surface area (Å²) in [5.41, 5.74) is 3.39. The Bertz CT molecular complexity index is 1650. The van der Waals surface area contributed by atoms with Gasteiger partial charge in [0, 0.05) is 29.0 Å². The third kappa shape index (κ3) is 3.50. The van der Waals surface area contributed by atoms with Crippen molar-refractivity contribution in [1.82, 2.24) is 4.98 Å². The standard InChI is InChI=1S/C28H20ClN3O3/c1-16-15-30-32-27(16)28(34)19-6-8-24-22(12-19)21(14-26(33)31-24)18-4-2-3-17(11-18)9-10-35-25-13-20(28)5-7-23(25)29/h2-8,11-15,34H,1,9-10H2,(H,31,33). The molecule has 7 heteroatoms. The van der Waals surface area contributed by atoms with Crippen molar-refractivity contribution in [2.75, 3.05) is 6.61 Å². The molecule has 35 heavy (non-hydrogen) atoms. The summed E-state index contributed by atoms with van der Waals surface area (Å²) >= 11 is 6.45. The van der Waals surface area contributed by atoms with Crippen LogP contribution >= 0.6 is 11.6 Å². The molecular formula is C28H20ClN3O3. The van der Waals surface area contributed by atoms with Crippen LogP contribution in [0.1, 0.15) is 16.7 Å². The Balaban J connectivity index is 1.71. The van der Waals surface area contributed by atoms with Gasteiger partial charge in [-0.25, -0.2) is 0 Å². The van der Waals surface area contributed by atoms with Crippen molar-refractivity contribution in [3.63, 3.8) is 0 Å². The third-order valence-corrected chi connectivity index (χ3v) is 6.83. The number of hydrogen-bond donors (Lipinski definition) is 2. The van der Waals surface area contributed by atoms with Crippen LogP contribution in [0.15, 0.2) is 93.9 Å². The molecule has 0 radical (unpaired) electrons. The first-order valence-electron chi connectivity index (χ1n) is 11.2. The van der Waals surface area contributed by atoms with Crippen molar-refractivity contribution in [3.8, 4) is 16.9 Å². The van der Waals surface area contributed by atoms with Crippen LogP contribution in [0.4, 0.5) is 0 Å². The van der Waals surface area contributed by atoms with Crippen molar-refractivity contribution in [1.29, 1.82) is 0 Å². The zero-order chi connectivity index (χ0) is 24.2. The molecule has 1 atom stereocenters. The highest BCUT2D eigenvalue weighted by Gasteiger charge is 2.41. The summed E-state index contributed by atoms with van der Waals surface area (Å²) in [5.74, 6) is 0.465. The number of H-pyrrole nitrogens is 1. The van der Waals surface area contributed by atoms with Crippen LogP contribution in [-0.4, -0.2) is 28.6 Å². The first-order valence-corrected chi connectivity index (χ1v) is 11.5. The van der Waals surface area contributed by atoms with Gasteiger partial charge in [-0.05, 0) is 52.1 Å². The minimum absolute atomic E-state index is 0.199. The van der Waals surface area contributed by atoms with E-state index in [9.17, 15) is 9.90 Å². The van der Waals surface area contributed by atoms with Gasteiger partial charge in [-0.3, -0.25) is 4.79 Å². The lowest BCUT2D eigenvalue weighted by Crippen LogP contribution is -2.37. The van der Waals surface area contributed by atoms with Crippen LogP contribution in [0.5, 0.6) is 5.75 Å². The second-order valence-electron chi connectivity index (χ2n) is 8.68. The van der Waals surface area contributed by atoms with E-state index < -0.39 is 5.60 Å². The Kier molecular flexibility index (Phi) is 4.95. The number of halogens is 1. The van der Waals surface area contributed by atoms with Gasteiger partial charge in [0.1, 0.15) is 11.5 Å². The molecule has 0 aliphatic carbocycles. The van der Waals surface area contributed by atoms with Gasteiger partial charge in [-0.15, -0.1) is 0 Å². The molecule has 172 valence electrons. The molecule has 0 fully saturated rings. The van der Waals surface area contributed by atoms with E-state index in [1.54, 1.807) is 36.4 Å². The fourth-order valence-electron chi connectivity index (χ4n) is 4.76. The van der Waals surface area contributed by atoms with Crippen molar-refractivity contribution in [2.24, 2.45) is 10.2 Å². The van der Waals surface area contributed by atoms with E-state index >= 15 is 0 Å². The predicted octanol–water partition coefficient (Wildman–Crippen LogP) is 5.02. The number of nitrogens with one attached hydrogen (secondary N) is 1. The first-order chi connectivity index (χ1) is 16.9. The number of hydrogen-bond acceptors (Lipinski definition) is 5. The summed E-state index contributed by atoms with van der Waals surface area (Å²) in [6.45, 7) is 4.42. The van der Waals surface area contributed by atoms with E-state index in [1.807, 2.05) is 24.3 Å². The van der Waals surface area contributed by atoms with E-state index in [4.69, 9.17) is 16.3 Å². The van der Waals surface area contributed by atoms with Crippen molar-refractivity contribution in [2.45, 2.75) is 12.0 Å². The number of aliphatic hydroxyl groups is 1. The molecule has 2 aliphatic heterocycles. The molecule has 1 unspecified atom stereocenters. The maximum atomic E-state index is 12.5. The molecule has 3 aromatic carbocycles. The van der Waals surface area contributed by atoms with Crippen LogP contribution in [0, 0.1) is 0 Å². The topological polar surface area (TPSA) is 87.0 Å². The van der Waals surface area contributed by atoms with Crippen molar-refractivity contribution in [3.05, 3.63) is 111 Å². The summed E-state index contributed by atoms with van der Waals surface area (Å²) in [5, 5.41) is 21.8. The van der Waals surface area contributed by atoms with Gasteiger partial charge in [0.2, 0.25) is 5.56 Å². The summed E-state index contributed by atoms with van der Waals surface area (Å²) in [6.07, 6.45) is 2.16. The van der Waals surface area contributed by atoms with Gasteiger partial charge in [0.05, 0.1) is 17.8 Å². The molecule has 0 amide bonds. The number of ether oxygens (including phenoxy) is 1. The molecule has 4 aromatic rings. The number of rotatable bonds is 1. The number of fused-ring (bicyclic) bond motifs is 6. The largest absolute Gasteiger partial charge is 0.492 e. The molecule has 6 nitrogen and oxygen atoms in total. The van der Waals surface area contributed by atoms with Gasteiger partial charge in [-0.1, -0.05) is 54.6 Å². The summed E-state index contributed by atoms with van der Waals surface area (Å²) in [4.78, 5) is 15.4. The first kappa shape index (κ1) is 21.5. The third-order valence-electron chi connectivity index (χ3n) is 6.51. The monoisotopic (exact) mass is 481 g/mol. The molecule has 0 spiro atoms. The molecular weight excluding hydrogens is 462 g/mol. The van der Waals surface area contributed by atoms with Gasteiger partial charge < -0.3 is 14.8 Å². The van der Waals surface area contributed by atoms with E-state index in [2.05, 4.69) is 27.8 Å². The molecule has 2 aliphatic rings. The van der Waals surface area contributed by atoms with E-state index in [1.165, 1.54) is 6.21 Å². The minimum atomic E-state index is -1.69. The van der Waals surface area contributed by atoms with Gasteiger partial charge in [0.15, 0.2) is 5.60 Å². The zero-order valence-electron chi connectivity index (χ0n) is 18.6. The van der Waals surface area contributed by atoms with E-state index in [0.717, 1.165) is 22.1 Å². The van der Waals surface area contributed by atoms with Crippen molar-refractivity contribution < 1.29 is 9.84 Å². The molecule has 0 saturated heterocycles. The zero-order valence-corrected chi connectivity index (χ0v) is 19.3. The summed E-state index contributed by atoms with van der Waals surface area (Å²) in [7, 11) is 0. The van der Waals surface area contributed by atoms with Gasteiger partial charge in [-0.2, -0.15) is 10.2 Å². The lowest BCUT2D eigenvalue weighted by molar-refractivity contribution is 0.156. The van der Waals surface area contributed by atoms with E-state index in [-0.39, 0.29) is 5.56 Å². The summed E-state index contributed by atoms with van der Waals surface area (Å²) in [6, 6.07) is 20.2. The minimum Gasteiger partial charge on any atom is -0.492 e. The number of pyridine rings is 1. The molecule has 6 rings (SSSR count). The van der Waals surface area contributed by atoms with Gasteiger partial charge >= 0.3 is 0 Å². The second-order valence-corrected chi connectivity index (χ2v) is 9.09. The smallest absolute Gasteiger partial charge is 0.249 e. The quantitative estimate of drug-likeness (QED) is 0.400. The number of aromatic nitrogens is 1. The van der Waals surface area contributed by atoms with E-state index in [0.29, 0.717) is 51.7 Å². The highest BCUT2D eigenvalue weighted by molar-refractivity contribution is 6.32. The maximum absolute atomic E-state index is 12.5. The Morgan fingerprint density at radius 2 is 1.89 bits per heavy atom. The average Bonchev–Trinajstić information content (AvgIpc) is 3.30. The lowest BCUT2D eigenvalue weighted by atomic mass is 9.79. The SMILES string of the molecule is C=C1C=NN=C1C1(O)c2ccc(Cl)c(c2)OCCc2cccc(c2)-c2cc(=O)[nH]c3ccc1cc23. The maximum Gasteiger partial charge on any atom is 0.249 e. The Hall–Kier alpha value is -4.00. The Morgan fingerprint density at radius 3 is 2.71 bits per heavy atom. The van der Waals surface area contributed by atoms with Crippen LogP contribution in [0.3, 0.4) is 0 Å². The average molecular weight is 482 g/mol. The highest BCUT2D eigenvalue weighted by atomic mass is 35.5. The van der Waals surface area contributed by atoms with Crippen LogP contribution in [0.25, 0.3) is 22.0 Å². The molecule has 3 heterocycles.